The van der Waals surface area contributed by atoms with Gasteiger partial charge in [-0.25, -0.2) is 71.9 Å². The number of hydrogen-bond donors (Lipinski definition) is 0. The van der Waals surface area contributed by atoms with Gasteiger partial charge in [0.15, 0.2) is 30.2 Å². The fraction of sp³-hybridized carbons (Fsp3) is 0.210. The van der Waals surface area contributed by atoms with Crippen molar-refractivity contribution in [3.63, 3.8) is 0 Å². The number of carbonyl (C=O) groups is 16. The van der Waals surface area contributed by atoms with Crippen molar-refractivity contribution in [1.29, 1.82) is 0 Å². The van der Waals surface area contributed by atoms with Gasteiger partial charge in [0.05, 0.1) is 147 Å². The summed E-state index contributed by atoms with van der Waals surface area (Å²) in [6.45, 7) is -2.93. The Morgan fingerprint density at radius 2 is 0.384 bits per heavy atom. The number of Topliss-reactive ketones (excluding diaryl/α,β-unsaturated/α-hetero) is 1. The molecule has 0 aliphatic heterocycles. The number of esters is 15. The topological polar surface area (TPSA) is 412 Å². The highest BCUT2D eigenvalue weighted by molar-refractivity contribution is 6.09. The van der Waals surface area contributed by atoms with Gasteiger partial charge >= 0.3 is 89.5 Å². The van der Waals surface area contributed by atoms with Crippen molar-refractivity contribution in [2.45, 2.75) is 36.9 Å². The summed E-state index contributed by atoms with van der Waals surface area (Å²) in [5.41, 5.74) is -9.61. The van der Waals surface area contributed by atoms with E-state index in [4.69, 9.17) is 71.1 Å². The lowest BCUT2D eigenvalue weighted by molar-refractivity contribution is -0.160. The second-order valence-corrected chi connectivity index (χ2v) is 23.3. The molecular weight excluding hydrogens is 1470 g/mol. The van der Waals surface area contributed by atoms with Crippen molar-refractivity contribution in [3.8, 4) is 0 Å². The van der Waals surface area contributed by atoms with Crippen LogP contribution in [0.25, 0.3) is 0 Å². The molecule has 31 heteroatoms. The van der Waals surface area contributed by atoms with Gasteiger partial charge in [0.25, 0.3) is 0 Å². The van der Waals surface area contributed by atoms with Gasteiger partial charge in [-0.15, -0.1) is 0 Å². The molecule has 0 saturated carbocycles. The molecule has 8 aromatic carbocycles. The van der Waals surface area contributed by atoms with E-state index in [1.54, 1.807) is 0 Å². The average Bonchev–Trinajstić information content (AvgIpc) is 0.772. The van der Waals surface area contributed by atoms with Crippen LogP contribution < -0.4 is 0 Å². The first-order valence-electron chi connectivity index (χ1n) is 33.2. The van der Waals surface area contributed by atoms with Crippen LogP contribution in [0.1, 0.15) is 172 Å². The van der Waals surface area contributed by atoms with E-state index >= 15 is 28.8 Å². The van der Waals surface area contributed by atoms with E-state index in [0.717, 1.165) is 154 Å². The summed E-state index contributed by atoms with van der Waals surface area (Å²) < 4.78 is 84.4. The average molecular weight is 1540 g/mol. The summed E-state index contributed by atoms with van der Waals surface area (Å²) in [5.74, 6) is -24.5. The van der Waals surface area contributed by atoms with E-state index in [2.05, 4.69) is 0 Å². The Morgan fingerprint density at radius 3 is 0.634 bits per heavy atom. The molecule has 0 aromatic heterocycles. The Morgan fingerprint density at radius 1 is 0.205 bits per heavy atom. The molecule has 112 heavy (non-hydrogen) atoms. The number of methoxy groups -OCH3 is 8. The Kier molecular flexibility index (Phi) is 29.2. The first-order chi connectivity index (χ1) is 53.9. The van der Waals surface area contributed by atoms with Crippen LogP contribution in [-0.4, -0.2) is 196 Å². The van der Waals surface area contributed by atoms with Crippen molar-refractivity contribution < 1.29 is 148 Å². The molecule has 31 nitrogen and oxygen atoms in total. The lowest BCUT2D eigenvalue weighted by Crippen LogP contribution is -2.59. The van der Waals surface area contributed by atoms with E-state index < -0.39 is 240 Å². The maximum absolute atomic E-state index is 16.1. The highest BCUT2D eigenvalue weighted by Gasteiger charge is 2.53. The maximum atomic E-state index is 16.1. The zero-order valence-electron chi connectivity index (χ0n) is 60.7. The van der Waals surface area contributed by atoms with Gasteiger partial charge in [-0.1, -0.05) is 103 Å². The van der Waals surface area contributed by atoms with Gasteiger partial charge in [0.2, 0.25) is 0 Å². The SMILES string of the molecule is COC(=O)c1ccccc1C(=O)CC(COC(=O)c1ccccc1C(=O)OC)C(OC(=O)c1ccccc1C(=O)OC)C(OC(=O)c1ccccc1C(=O)OC)C(OC(=O)c1ccccc1C(=O)OC)C(OC(=O)c1ccccc1C(=O)OC)C(COC(=O)c1ccccc1C(=O)OC)OC(=O)c1ccccc1C(=O)OC. The van der Waals surface area contributed by atoms with Gasteiger partial charge < -0.3 is 71.1 Å². The van der Waals surface area contributed by atoms with Crippen molar-refractivity contribution in [3.05, 3.63) is 283 Å². The first-order valence-corrected chi connectivity index (χ1v) is 33.2. The van der Waals surface area contributed by atoms with E-state index in [1.807, 2.05) is 0 Å². The lowest BCUT2D eigenvalue weighted by Gasteiger charge is -2.40. The van der Waals surface area contributed by atoms with Crippen LogP contribution in [0.15, 0.2) is 194 Å². The van der Waals surface area contributed by atoms with Crippen LogP contribution >= 0.6 is 0 Å². The van der Waals surface area contributed by atoms with E-state index in [9.17, 15) is 47.9 Å². The number of hydrogen-bond acceptors (Lipinski definition) is 31. The zero-order valence-corrected chi connectivity index (χ0v) is 60.7. The van der Waals surface area contributed by atoms with E-state index in [0.29, 0.717) is 0 Å². The van der Waals surface area contributed by atoms with Gasteiger partial charge in [-0.3, -0.25) is 4.79 Å². The van der Waals surface area contributed by atoms with Crippen LogP contribution in [0, 0.1) is 5.92 Å². The largest absolute Gasteiger partial charge is 0.465 e. The van der Waals surface area contributed by atoms with Crippen molar-refractivity contribution in [2.24, 2.45) is 5.92 Å². The number of carbonyl (C=O) groups excluding carboxylic acids is 16. The van der Waals surface area contributed by atoms with Gasteiger partial charge in [-0.2, -0.15) is 0 Å². The summed E-state index contributed by atoms with van der Waals surface area (Å²) >= 11 is 0. The Hall–Kier alpha value is -14.5. The summed E-state index contributed by atoms with van der Waals surface area (Å²) in [6.07, 6.45) is -16.2. The van der Waals surface area contributed by atoms with Crippen molar-refractivity contribution in [1.82, 2.24) is 0 Å². The molecule has 0 aliphatic rings. The molecule has 0 radical (unpaired) electrons. The fourth-order valence-electron chi connectivity index (χ4n) is 11.3. The first kappa shape index (κ1) is 83.1. The normalized spacial score (nSPS) is 12.2. The Bertz CT molecular complexity index is 4650. The molecule has 6 unspecified atom stereocenters. The molecule has 8 aromatic rings. The standard InChI is InChI=1S/C81H68O31/c1-98-67(83)46-26-10-9-25-45(46)61(82)41-44(42-106-75(91)54-34-18-11-27-47(54)68(84)99-2)63(109-78(94)57-37-21-14-30-50(57)71(87)102-5)65(111-80(96)59-39-23-16-32-52(59)73(89)104-7)66(112-81(97)60-40-24-17-33-53(60)74(90)105-8)64(110-79(95)58-38-22-15-31-51(58)72(88)103-6)62(108-77(93)56-36-20-13-29-49(56)70(86)101-4)43-107-76(92)55-35-19-12-28-48(55)69(85)100-3/h9-40,44,62-66H,41-43H2,1-8H3. The molecule has 0 aliphatic carbocycles. The molecular formula is C81H68O31. The third-order valence-electron chi connectivity index (χ3n) is 16.8. The molecule has 0 fully saturated rings. The number of ketones is 1. The highest BCUT2D eigenvalue weighted by atomic mass is 16.7. The molecule has 0 amide bonds. The minimum absolute atomic E-state index is 0.421. The molecule has 0 spiro atoms. The molecule has 0 N–H and O–H groups in total. The van der Waals surface area contributed by atoms with E-state index in [1.165, 1.54) is 97.1 Å². The third kappa shape index (κ3) is 19.8. The van der Waals surface area contributed by atoms with Crippen LogP contribution in [0.5, 0.6) is 0 Å². The lowest BCUT2D eigenvalue weighted by atomic mass is 9.85. The van der Waals surface area contributed by atoms with E-state index in [-0.39, 0.29) is 0 Å². The molecule has 0 saturated heterocycles. The molecule has 6 atom stereocenters. The Labute approximate surface area is 636 Å². The summed E-state index contributed by atoms with van der Waals surface area (Å²) in [4.78, 5) is 234. The molecule has 8 rings (SSSR count). The van der Waals surface area contributed by atoms with Crippen LogP contribution in [0.4, 0.5) is 0 Å². The number of ether oxygens (including phenoxy) is 15. The Balaban J connectivity index is 1.59. The predicted molar refractivity (Wildman–Crippen MR) is 381 cm³/mol. The minimum atomic E-state index is -3.14. The van der Waals surface area contributed by atoms with Crippen LogP contribution in [0.2, 0.25) is 0 Å². The third-order valence-corrected chi connectivity index (χ3v) is 16.8. The minimum Gasteiger partial charge on any atom is -0.465 e. The number of benzene rings is 8. The maximum Gasteiger partial charge on any atom is 0.339 e. The van der Waals surface area contributed by atoms with Crippen molar-refractivity contribution in [2.75, 3.05) is 70.1 Å². The second kappa shape index (κ2) is 39.4. The predicted octanol–water partition coefficient (Wildman–Crippen LogP) is 9.01. The number of rotatable bonds is 32. The molecule has 578 valence electrons. The zero-order chi connectivity index (χ0) is 81.3. The quantitative estimate of drug-likeness (QED) is 0.0215. The smallest absolute Gasteiger partial charge is 0.339 e. The summed E-state index contributed by atoms with van der Waals surface area (Å²) in [5, 5.41) is 0. The van der Waals surface area contributed by atoms with Crippen LogP contribution in [-0.2, 0) is 71.1 Å². The van der Waals surface area contributed by atoms with Gasteiger partial charge in [0.1, 0.15) is 12.7 Å². The van der Waals surface area contributed by atoms with Crippen LogP contribution in [0.3, 0.4) is 0 Å². The van der Waals surface area contributed by atoms with Gasteiger partial charge in [-0.05, 0) is 91.0 Å². The highest BCUT2D eigenvalue weighted by Crippen LogP contribution is 2.35. The second-order valence-electron chi connectivity index (χ2n) is 23.3. The van der Waals surface area contributed by atoms with Gasteiger partial charge in [0, 0.05) is 17.9 Å². The monoisotopic (exact) mass is 1540 g/mol. The fourth-order valence-corrected chi connectivity index (χ4v) is 11.3. The summed E-state index contributed by atoms with van der Waals surface area (Å²) in [6, 6.07) is 37.4. The van der Waals surface area contributed by atoms with Crippen molar-refractivity contribution >= 4 is 95.3 Å². The molecule has 0 heterocycles. The molecule has 0 bridgehead atoms. The summed E-state index contributed by atoms with van der Waals surface area (Å²) in [7, 11) is 7.59.